The van der Waals surface area contributed by atoms with Gasteiger partial charge >= 0.3 is 0 Å². The summed E-state index contributed by atoms with van der Waals surface area (Å²) in [6.07, 6.45) is 5.37. The number of hydrogen-bond donors (Lipinski definition) is 1. The predicted octanol–water partition coefficient (Wildman–Crippen LogP) is 3.81. The van der Waals surface area contributed by atoms with Crippen molar-refractivity contribution in [3.8, 4) is 0 Å². The second-order valence-electron chi connectivity index (χ2n) is 9.81. The Labute approximate surface area is 222 Å². The Kier molecular flexibility index (Phi) is 9.10. The molecule has 0 unspecified atom stereocenters. The highest BCUT2D eigenvalue weighted by atomic mass is 32.1. The van der Waals surface area contributed by atoms with E-state index in [-0.39, 0.29) is 30.0 Å². The van der Waals surface area contributed by atoms with Crippen molar-refractivity contribution in [2.45, 2.75) is 65.6 Å². The monoisotopic (exact) mass is 523 g/mol. The number of aryl methyl sites for hydroxylation is 1. The van der Waals surface area contributed by atoms with E-state index in [9.17, 15) is 14.4 Å². The van der Waals surface area contributed by atoms with Crippen LogP contribution in [0.25, 0.3) is 10.2 Å². The fourth-order valence-corrected chi connectivity index (χ4v) is 6.02. The molecule has 1 fully saturated rings. The minimum atomic E-state index is -0.268. The van der Waals surface area contributed by atoms with Gasteiger partial charge in [-0.15, -0.1) is 11.3 Å². The van der Waals surface area contributed by atoms with E-state index >= 15 is 0 Å². The average molecular weight is 524 g/mol. The minimum Gasteiger partial charge on any atom is -0.351 e. The van der Waals surface area contributed by atoms with Gasteiger partial charge in [0.15, 0.2) is 0 Å². The molecule has 0 aliphatic carbocycles. The van der Waals surface area contributed by atoms with Crippen LogP contribution in [-0.2, 0) is 17.9 Å². The molecule has 3 heterocycles. The highest BCUT2D eigenvalue weighted by Crippen LogP contribution is 2.27. The maximum absolute atomic E-state index is 13.2. The molecule has 37 heavy (non-hydrogen) atoms. The smallest absolute Gasteiger partial charge is 0.262 e. The maximum Gasteiger partial charge on any atom is 0.262 e. The summed E-state index contributed by atoms with van der Waals surface area (Å²) in [5.74, 6) is -0.245. The number of piperidine rings is 1. The Balaban J connectivity index is 1.37. The number of nitrogens with one attached hydrogen (secondary N) is 1. The molecule has 1 atom stereocenters. The molecule has 0 radical (unpaired) electrons. The number of nitrogens with zero attached hydrogens (tertiary/aromatic N) is 4. The number of aromatic nitrogens is 2. The highest BCUT2D eigenvalue weighted by Gasteiger charge is 2.25. The maximum atomic E-state index is 13.2. The van der Waals surface area contributed by atoms with E-state index in [1.54, 1.807) is 6.92 Å². The van der Waals surface area contributed by atoms with E-state index in [2.05, 4.69) is 41.2 Å². The standard InChI is InChI=1S/C28H37N5O3S/c1-4-31(17-22-12-6-5-7-13-22)15-10-14-29-26(35)25-21(3)24-27(37-25)30-19-32(28(24)36)18-23(34)33-16-9-8-11-20(33)2/h5-7,12-13,19-20H,4,8-11,14-18H2,1-3H3,(H,29,35)/t20-/m0/s1. The Morgan fingerprint density at radius 3 is 2.73 bits per heavy atom. The molecule has 1 aliphatic heterocycles. The first-order valence-electron chi connectivity index (χ1n) is 13.2. The summed E-state index contributed by atoms with van der Waals surface area (Å²) in [6, 6.07) is 10.6. The summed E-state index contributed by atoms with van der Waals surface area (Å²) in [4.78, 5) is 48.7. The van der Waals surface area contributed by atoms with Gasteiger partial charge < -0.3 is 10.2 Å². The van der Waals surface area contributed by atoms with E-state index in [0.29, 0.717) is 27.2 Å². The largest absolute Gasteiger partial charge is 0.351 e. The van der Waals surface area contributed by atoms with E-state index < -0.39 is 0 Å². The topological polar surface area (TPSA) is 87.5 Å². The van der Waals surface area contributed by atoms with Gasteiger partial charge in [0.2, 0.25) is 5.91 Å². The molecule has 3 aromatic rings. The van der Waals surface area contributed by atoms with Gasteiger partial charge in [0.25, 0.3) is 11.5 Å². The zero-order valence-electron chi connectivity index (χ0n) is 22.0. The number of thiophene rings is 1. The first-order valence-corrected chi connectivity index (χ1v) is 14.0. The van der Waals surface area contributed by atoms with E-state index in [1.165, 1.54) is 27.8 Å². The molecule has 0 saturated carbocycles. The van der Waals surface area contributed by atoms with Crippen molar-refractivity contribution in [3.63, 3.8) is 0 Å². The molecule has 4 rings (SSSR count). The number of likely N-dealkylation sites (tertiary alicyclic amines) is 1. The Hall–Kier alpha value is -3.04. The van der Waals surface area contributed by atoms with Crippen LogP contribution in [-0.4, -0.2) is 63.4 Å². The van der Waals surface area contributed by atoms with Gasteiger partial charge in [0.05, 0.1) is 16.6 Å². The van der Waals surface area contributed by atoms with Crippen LogP contribution in [0.15, 0.2) is 41.5 Å². The second-order valence-corrected chi connectivity index (χ2v) is 10.8. The molecule has 0 spiro atoms. The SMILES string of the molecule is CCN(CCCNC(=O)c1sc2ncn(CC(=O)N3CCCC[C@@H]3C)c(=O)c2c1C)Cc1ccccc1. The number of carbonyl (C=O) groups is 2. The average Bonchev–Trinajstić information content (AvgIpc) is 3.25. The summed E-state index contributed by atoms with van der Waals surface area (Å²) in [5, 5.41) is 3.43. The van der Waals surface area contributed by atoms with Crippen LogP contribution in [0.4, 0.5) is 0 Å². The highest BCUT2D eigenvalue weighted by molar-refractivity contribution is 7.20. The summed E-state index contributed by atoms with van der Waals surface area (Å²) in [6.45, 7) is 9.95. The van der Waals surface area contributed by atoms with Gasteiger partial charge in [0.1, 0.15) is 11.4 Å². The Bertz CT molecular complexity index is 1290. The van der Waals surface area contributed by atoms with Crippen molar-refractivity contribution >= 4 is 33.4 Å². The fourth-order valence-electron chi connectivity index (χ4n) is 4.97. The molecular weight excluding hydrogens is 486 g/mol. The lowest BCUT2D eigenvalue weighted by Crippen LogP contribution is -2.44. The molecule has 8 nitrogen and oxygen atoms in total. The van der Waals surface area contributed by atoms with Crippen LogP contribution < -0.4 is 10.9 Å². The zero-order chi connectivity index (χ0) is 26.4. The van der Waals surface area contributed by atoms with Gasteiger partial charge in [-0.3, -0.25) is 23.9 Å². The van der Waals surface area contributed by atoms with E-state index in [1.807, 2.05) is 23.1 Å². The normalized spacial score (nSPS) is 15.9. The summed E-state index contributed by atoms with van der Waals surface area (Å²) in [5.41, 5.74) is 1.64. The first kappa shape index (κ1) is 27.0. The van der Waals surface area contributed by atoms with Crippen molar-refractivity contribution < 1.29 is 9.59 Å². The number of benzene rings is 1. The molecule has 0 bridgehead atoms. The number of hydrogen-bond acceptors (Lipinski definition) is 6. The third kappa shape index (κ3) is 6.45. The third-order valence-corrected chi connectivity index (χ3v) is 8.38. The van der Waals surface area contributed by atoms with Crippen LogP contribution in [0.2, 0.25) is 0 Å². The van der Waals surface area contributed by atoms with Crippen LogP contribution in [0.3, 0.4) is 0 Å². The summed E-state index contributed by atoms with van der Waals surface area (Å²) >= 11 is 1.23. The van der Waals surface area contributed by atoms with Crippen molar-refractivity contribution in [1.29, 1.82) is 0 Å². The molecule has 1 N–H and O–H groups in total. The van der Waals surface area contributed by atoms with Crippen molar-refractivity contribution in [2.75, 3.05) is 26.2 Å². The number of amides is 2. The zero-order valence-corrected chi connectivity index (χ0v) is 22.9. The first-order chi connectivity index (χ1) is 17.9. The van der Waals surface area contributed by atoms with Crippen LogP contribution in [0, 0.1) is 6.92 Å². The lowest BCUT2D eigenvalue weighted by Gasteiger charge is -2.33. The molecule has 1 aliphatic rings. The number of fused-ring (bicyclic) bond motifs is 1. The van der Waals surface area contributed by atoms with E-state index in [4.69, 9.17) is 0 Å². The molecule has 1 saturated heterocycles. The fraction of sp³-hybridized carbons (Fsp3) is 0.500. The van der Waals surface area contributed by atoms with Crippen LogP contribution in [0.1, 0.15) is 60.3 Å². The van der Waals surface area contributed by atoms with Gasteiger partial charge in [-0.25, -0.2) is 4.98 Å². The number of carbonyl (C=O) groups excluding carboxylic acids is 2. The van der Waals surface area contributed by atoms with Gasteiger partial charge in [-0.1, -0.05) is 37.3 Å². The quantitative estimate of drug-likeness (QED) is 0.409. The molecular formula is C28H37N5O3S. The van der Waals surface area contributed by atoms with Crippen molar-refractivity contribution in [3.05, 3.63) is 63.0 Å². The van der Waals surface area contributed by atoms with Crippen LogP contribution in [0.5, 0.6) is 0 Å². The minimum absolute atomic E-state index is 0.0279. The van der Waals surface area contributed by atoms with Crippen molar-refractivity contribution in [1.82, 2.24) is 24.7 Å². The summed E-state index contributed by atoms with van der Waals surface area (Å²) in [7, 11) is 0. The third-order valence-electron chi connectivity index (χ3n) is 7.19. The molecule has 2 aromatic heterocycles. The van der Waals surface area contributed by atoms with Gasteiger partial charge in [-0.2, -0.15) is 0 Å². The van der Waals surface area contributed by atoms with Crippen molar-refractivity contribution in [2.24, 2.45) is 0 Å². The molecule has 9 heteroatoms. The molecule has 2 amide bonds. The Morgan fingerprint density at radius 1 is 1.22 bits per heavy atom. The van der Waals surface area contributed by atoms with Gasteiger partial charge in [-0.05, 0) is 57.2 Å². The summed E-state index contributed by atoms with van der Waals surface area (Å²) < 4.78 is 1.37. The van der Waals surface area contributed by atoms with Gasteiger partial charge in [0, 0.05) is 32.2 Å². The Morgan fingerprint density at radius 2 is 2.00 bits per heavy atom. The lowest BCUT2D eigenvalue weighted by atomic mass is 10.0. The number of rotatable bonds is 10. The molecule has 1 aromatic carbocycles. The van der Waals surface area contributed by atoms with Crippen LogP contribution >= 0.6 is 11.3 Å². The predicted molar refractivity (Wildman–Crippen MR) is 148 cm³/mol. The van der Waals surface area contributed by atoms with E-state index in [0.717, 1.165) is 51.9 Å². The lowest BCUT2D eigenvalue weighted by molar-refractivity contribution is -0.135. The molecule has 198 valence electrons. The second kappa shape index (κ2) is 12.5.